The number of aromatic nitrogens is 4. The van der Waals surface area contributed by atoms with Crippen molar-refractivity contribution in [1.82, 2.24) is 29.4 Å². The van der Waals surface area contributed by atoms with Gasteiger partial charge in [0.25, 0.3) is 0 Å². The highest BCUT2D eigenvalue weighted by Gasteiger charge is 2.32. The molecule has 2 fully saturated rings. The highest BCUT2D eigenvalue weighted by molar-refractivity contribution is 6.30. The van der Waals surface area contributed by atoms with Gasteiger partial charge in [0.1, 0.15) is 21.6 Å². The number of nitrogens with zero attached hydrogens (tertiary/aromatic N) is 4. The Bertz CT molecular complexity index is 2300. The predicted octanol–water partition coefficient (Wildman–Crippen LogP) is 9.31. The fourth-order valence-electron chi connectivity index (χ4n) is 8.97. The van der Waals surface area contributed by atoms with E-state index in [1.54, 1.807) is 35.0 Å². The molecular formula is C50H56Cl2N6O4. The van der Waals surface area contributed by atoms with E-state index >= 15 is 0 Å². The third-order valence-electron chi connectivity index (χ3n) is 12.6. The van der Waals surface area contributed by atoms with Crippen molar-refractivity contribution in [3.63, 3.8) is 0 Å². The molecule has 0 bridgehead atoms. The first-order valence-electron chi connectivity index (χ1n) is 22.0. The SMILES string of the molecule is C[C@H](NC(=O)[C@@H]1CC[C@@H](Cc2ccccc2)C1)C(=O)CCc1ccc2ncc(Cl)n2c1.C[C@H](NC(=O)[C@@H]1CC[C@@H](Cc2ccccc2)C1)C(=O)CCc1ccc2ncc(Cl)n2c1. The average Bonchev–Trinajstić information content (AvgIpc) is 4.11. The summed E-state index contributed by atoms with van der Waals surface area (Å²) in [5, 5.41) is 7.00. The summed E-state index contributed by atoms with van der Waals surface area (Å²) in [5.41, 5.74) is 6.24. The summed E-state index contributed by atoms with van der Waals surface area (Å²) in [6.07, 6.45) is 16.7. The van der Waals surface area contributed by atoms with Crippen LogP contribution in [0.4, 0.5) is 0 Å². The number of aryl methyl sites for hydroxylation is 2. The number of carbonyl (C=O) groups excluding carboxylic acids is 4. The average molecular weight is 876 g/mol. The third-order valence-corrected chi connectivity index (χ3v) is 13.2. The monoisotopic (exact) mass is 874 g/mol. The van der Waals surface area contributed by atoms with Gasteiger partial charge in [0.2, 0.25) is 11.8 Å². The van der Waals surface area contributed by atoms with E-state index in [1.807, 2.05) is 48.8 Å². The summed E-state index contributed by atoms with van der Waals surface area (Å²) in [4.78, 5) is 59.0. The summed E-state index contributed by atoms with van der Waals surface area (Å²) in [6, 6.07) is 27.6. The molecule has 324 valence electrons. The van der Waals surface area contributed by atoms with Crippen molar-refractivity contribution in [3.05, 3.63) is 142 Å². The van der Waals surface area contributed by atoms with Crippen LogP contribution in [0.15, 0.2) is 110 Å². The number of hydrogen-bond acceptors (Lipinski definition) is 6. The summed E-state index contributed by atoms with van der Waals surface area (Å²) in [7, 11) is 0. The second-order valence-electron chi connectivity index (χ2n) is 17.2. The highest BCUT2D eigenvalue weighted by Crippen LogP contribution is 2.34. The van der Waals surface area contributed by atoms with Crippen LogP contribution in [0.5, 0.6) is 0 Å². The third kappa shape index (κ3) is 12.0. The van der Waals surface area contributed by atoms with Crippen LogP contribution < -0.4 is 10.6 Å². The molecular weight excluding hydrogens is 819 g/mol. The second kappa shape index (κ2) is 21.2. The molecule has 0 radical (unpaired) electrons. The lowest BCUT2D eigenvalue weighted by atomic mass is 9.96. The number of amides is 2. The summed E-state index contributed by atoms with van der Waals surface area (Å²) >= 11 is 12.2. The number of hydrogen-bond donors (Lipinski definition) is 2. The molecule has 6 atom stereocenters. The first-order chi connectivity index (χ1) is 30.0. The van der Waals surface area contributed by atoms with Crippen LogP contribution in [0.1, 0.15) is 87.5 Å². The van der Waals surface area contributed by atoms with Gasteiger partial charge in [0.05, 0.1) is 24.5 Å². The molecule has 2 N–H and O–H groups in total. The van der Waals surface area contributed by atoms with Crippen LogP contribution >= 0.6 is 23.2 Å². The van der Waals surface area contributed by atoms with E-state index in [1.165, 1.54) is 11.1 Å². The predicted molar refractivity (Wildman–Crippen MR) is 244 cm³/mol. The number of halogens is 2. The van der Waals surface area contributed by atoms with Gasteiger partial charge in [-0.1, -0.05) is 96.0 Å². The van der Waals surface area contributed by atoms with Crippen molar-refractivity contribution in [2.45, 2.75) is 103 Å². The summed E-state index contributed by atoms with van der Waals surface area (Å²) in [5.74, 6) is 1.21. The Balaban J connectivity index is 0.000000186. The number of pyridine rings is 2. The Morgan fingerprint density at radius 2 is 0.984 bits per heavy atom. The topological polar surface area (TPSA) is 127 Å². The van der Waals surface area contributed by atoms with E-state index in [-0.39, 0.29) is 35.2 Å². The van der Waals surface area contributed by atoms with Crippen molar-refractivity contribution in [2.75, 3.05) is 0 Å². The Hall–Kier alpha value is -5.32. The molecule has 0 spiro atoms. The van der Waals surface area contributed by atoms with Crippen molar-refractivity contribution < 1.29 is 19.2 Å². The Morgan fingerprint density at radius 1 is 0.581 bits per heavy atom. The molecule has 8 rings (SSSR count). The lowest BCUT2D eigenvalue weighted by Crippen LogP contribution is -2.41. The molecule has 2 aromatic carbocycles. The Morgan fingerprint density at radius 3 is 1.39 bits per heavy atom. The largest absolute Gasteiger partial charge is 0.346 e. The van der Waals surface area contributed by atoms with E-state index in [4.69, 9.17) is 23.2 Å². The maximum Gasteiger partial charge on any atom is 0.223 e. The van der Waals surface area contributed by atoms with E-state index < -0.39 is 12.1 Å². The maximum atomic E-state index is 12.7. The van der Waals surface area contributed by atoms with Crippen LogP contribution in [0.3, 0.4) is 0 Å². The molecule has 0 unspecified atom stereocenters. The van der Waals surface area contributed by atoms with Gasteiger partial charge in [-0.05, 0) is 124 Å². The quantitative estimate of drug-likeness (QED) is 0.0999. The van der Waals surface area contributed by atoms with Gasteiger partial charge in [-0.2, -0.15) is 0 Å². The van der Waals surface area contributed by atoms with Gasteiger partial charge in [0.15, 0.2) is 11.6 Å². The number of fused-ring (bicyclic) bond motifs is 2. The number of Topliss-reactive ketones (excluding diaryl/α,β-unsaturated/α-hetero) is 2. The summed E-state index contributed by atoms with van der Waals surface area (Å²) in [6.45, 7) is 3.57. The number of benzene rings is 2. The molecule has 2 amide bonds. The van der Waals surface area contributed by atoms with E-state index in [0.29, 0.717) is 47.8 Å². The summed E-state index contributed by atoms with van der Waals surface area (Å²) < 4.78 is 3.61. The van der Waals surface area contributed by atoms with Gasteiger partial charge in [-0.25, -0.2) is 9.97 Å². The number of imidazole rings is 2. The van der Waals surface area contributed by atoms with Gasteiger partial charge < -0.3 is 10.6 Å². The van der Waals surface area contributed by atoms with E-state index in [0.717, 1.165) is 73.8 Å². The molecule has 2 saturated carbocycles. The lowest BCUT2D eigenvalue weighted by Gasteiger charge is -2.17. The first kappa shape index (κ1) is 44.7. The molecule has 10 nitrogen and oxygen atoms in total. The van der Waals surface area contributed by atoms with Crippen LogP contribution in [0.2, 0.25) is 10.3 Å². The molecule has 0 aliphatic heterocycles. The highest BCUT2D eigenvalue weighted by atomic mass is 35.5. The van der Waals surface area contributed by atoms with Crippen molar-refractivity contribution in [2.24, 2.45) is 23.7 Å². The molecule has 4 heterocycles. The first-order valence-corrected chi connectivity index (χ1v) is 22.7. The minimum Gasteiger partial charge on any atom is -0.346 e. The van der Waals surface area contributed by atoms with Gasteiger partial charge >= 0.3 is 0 Å². The molecule has 62 heavy (non-hydrogen) atoms. The molecule has 0 saturated heterocycles. The van der Waals surface area contributed by atoms with Crippen LogP contribution in [0, 0.1) is 23.7 Å². The zero-order valence-electron chi connectivity index (χ0n) is 35.5. The van der Waals surface area contributed by atoms with Crippen LogP contribution in [0.25, 0.3) is 11.3 Å². The number of ketones is 2. The van der Waals surface area contributed by atoms with E-state index in [2.05, 4.69) is 69.1 Å². The zero-order chi connectivity index (χ0) is 43.6. The molecule has 2 aliphatic carbocycles. The zero-order valence-corrected chi connectivity index (χ0v) is 37.0. The molecule has 4 aromatic heterocycles. The second-order valence-corrected chi connectivity index (χ2v) is 18.0. The normalized spacial score (nSPS) is 19.4. The van der Waals surface area contributed by atoms with E-state index in [9.17, 15) is 19.2 Å². The minimum atomic E-state index is -0.471. The lowest BCUT2D eigenvalue weighted by molar-refractivity contribution is -0.129. The molecule has 6 aromatic rings. The van der Waals surface area contributed by atoms with Gasteiger partial charge in [-0.15, -0.1) is 0 Å². The van der Waals surface area contributed by atoms with Crippen LogP contribution in [-0.4, -0.2) is 54.2 Å². The Labute approximate surface area is 373 Å². The Kier molecular flexibility index (Phi) is 15.3. The number of carbonyl (C=O) groups is 4. The molecule has 12 heteroatoms. The molecule has 2 aliphatic rings. The number of nitrogens with one attached hydrogen (secondary N) is 2. The van der Waals surface area contributed by atoms with Crippen molar-refractivity contribution in [1.29, 1.82) is 0 Å². The standard InChI is InChI=1S/2C25H28ClN3O2/c2*1-17(22(30)11-8-19-9-12-24-27-15-23(26)29(24)16-19)28-25(31)21-10-7-20(14-21)13-18-5-3-2-4-6-18/h2*2-6,9,12,15-17,20-21H,7-8,10-11,13-14H2,1H3,(H,28,31)/t2*17-,20-,21+/m00/s1. The van der Waals surface area contributed by atoms with Gasteiger partial charge in [0, 0.05) is 37.1 Å². The fraction of sp³-hybridized carbons (Fsp3) is 0.400. The van der Waals surface area contributed by atoms with Crippen molar-refractivity contribution >= 4 is 57.9 Å². The van der Waals surface area contributed by atoms with Crippen LogP contribution in [-0.2, 0) is 44.9 Å². The smallest absolute Gasteiger partial charge is 0.223 e. The number of rotatable bonds is 16. The maximum absolute atomic E-state index is 12.7. The minimum absolute atomic E-state index is 0.00903. The fourth-order valence-corrected chi connectivity index (χ4v) is 9.34. The van der Waals surface area contributed by atoms with Gasteiger partial charge in [-0.3, -0.25) is 28.0 Å². The van der Waals surface area contributed by atoms with Crippen molar-refractivity contribution in [3.8, 4) is 0 Å².